The van der Waals surface area contributed by atoms with Gasteiger partial charge in [0, 0.05) is 11.0 Å². The van der Waals surface area contributed by atoms with Crippen LogP contribution in [0.4, 0.5) is 4.39 Å². The lowest BCUT2D eigenvalue weighted by Gasteiger charge is -2.06. The van der Waals surface area contributed by atoms with Crippen LogP contribution in [-0.2, 0) is 5.75 Å². The number of nitrogens with one attached hydrogen (secondary N) is 1. The molecule has 0 aliphatic carbocycles. The van der Waals surface area contributed by atoms with Crippen molar-refractivity contribution in [1.82, 2.24) is 9.97 Å². The molecule has 0 unspecified atom stereocenters. The third-order valence-corrected chi connectivity index (χ3v) is 3.58. The summed E-state index contributed by atoms with van der Waals surface area (Å²) in [5, 5.41) is 0. The van der Waals surface area contributed by atoms with Crippen molar-refractivity contribution in [2.75, 3.05) is 0 Å². The van der Waals surface area contributed by atoms with Crippen LogP contribution in [0.15, 0.2) is 40.0 Å². The lowest BCUT2D eigenvalue weighted by Crippen LogP contribution is -2.12. The fourth-order valence-electron chi connectivity index (χ4n) is 1.60. The van der Waals surface area contributed by atoms with E-state index in [4.69, 9.17) is 0 Å². The number of nitrogens with zero attached hydrogens (tertiary/aromatic N) is 1. The molecule has 100 valence electrons. The van der Waals surface area contributed by atoms with Crippen LogP contribution in [0.3, 0.4) is 0 Å². The number of halogens is 1. The highest BCUT2D eigenvalue weighted by Crippen LogP contribution is 2.22. The van der Waals surface area contributed by atoms with E-state index in [2.05, 4.69) is 9.97 Å². The molecule has 3 nitrogen and oxygen atoms in total. The molecule has 2 aromatic rings. The van der Waals surface area contributed by atoms with Crippen molar-refractivity contribution >= 4 is 11.8 Å². The number of hydrogen-bond donors (Lipinski definition) is 1. The third kappa shape index (κ3) is 3.92. The first-order valence-corrected chi connectivity index (χ1v) is 7.01. The van der Waals surface area contributed by atoms with Crippen LogP contribution in [-0.4, -0.2) is 9.97 Å². The molecular formula is C14H15FN2OS. The van der Waals surface area contributed by atoms with Gasteiger partial charge in [-0.1, -0.05) is 19.9 Å². The molecular weight excluding hydrogens is 263 g/mol. The number of H-pyrrole nitrogens is 1. The summed E-state index contributed by atoms with van der Waals surface area (Å²) in [6.07, 6.45) is 0. The fourth-order valence-corrected chi connectivity index (χ4v) is 2.41. The van der Waals surface area contributed by atoms with Gasteiger partial charge in [-0.15, -0.1) is 11.8 Å². The molecule has 0 amide bonds. The van der Waals surface area contributed by atoms with Gasteiger partial charge in [0.1, 0.15) is 11.6 Å². The standard InChI is InChI=1S/C14H15FN2OS/c1-9(2)12-7-14(18)17-13(16-12)8-19-11-5-3-4-10(15)6-11/h3-7,9H,8H2,1-2H3,(H,16,17,18). The maximum atomic E-state index is 13.0. The number of hydrogen-bond acceptors (Lipinski definition) is 3. The van der Waals surface area contributed by atoms with Gasteiger partial charge in [-0.2, -0.15) is 0 Å². The van der Waals surface area contributed by atoms with E-state index in [0.29, 0.717) is 11.6 Å². The van der Waals surface area contributed by atoms with Crippen LogP contribution < -0.4 is 5.56 Å². The zero-order chi connectivity index (χ0) is 13.8. The Labute approximate surface area is 115 Å². The van der Waals surface area contributed by atoms with Crippen molar-refractivity contribution in [1.29, 1.82) is 0 Å². The van der Waals surface area contributed by atoms with E-state index in [1.54, 1.807) is 6.07 Å². The molecule has 0 fully saturated rings. The Kier molecular flexibility index (Phi) is 4.37. The molecule has 1 aromatic heterocycles. The van der Waals surface area contributed by atoms with Crippen molar-refractivity contribution < 1.29 is 4.39 Å². The highest BCUT2D eigenvalue weighted by molar-refractivity contribution is 7.98. The summed E-state index contributed by atoms with van der Waals surface area (Å²) in [7, 11) is 0. The normalized spacial score (nSPS) is 10.9. The number of thioether (sulfide) groups is 1. The summed E-state index contributed by atoms with van der Waals surface area (Å²) in [6, 6.07) is 7.89. The molecule has 1 aromatic carbocycles. The average molecular weight is 278 g/mol. The molecule has 2 rings (SSSR count). The first kappa shape index (κ1) is 13.8. The van der Waals surface area contributed by atoms with Crippen LogP contribution in [0.25, 0.3) is 0 Å². The molecule has 0 radical (unpaired) electrons. The van der Waals surface area contributed by atoms with E-state index < -0.39 is 0 Å². The second kappa shape index (κ2) is 6.02. The Bertz CT molecular complexity index is 625. The Hall–Kier alpha value is -1.62. The maximum Gasteiger partial charge on any atom is 0.251 e. The Morgan fingerprint density at radius 2 is 2.16 bits per heavy atom. The van der Waals surface area contributed by atoms with Gasteiger partial charge in [0.25, 0.3) is 5.56 Å². The minimum absolute atomic E-state index is 0.145. The molecule has 0 atom stereocenters. The lowest BCUT2D eigenvalue weighted by atomic mass is 10.1. The number of aromatic amines is 1. The first-order valence-electron chi connectivity index (χ1n) is 6.03. The van der Waals surface area contributed by atoms with Gasteiger partial charge < -0.3 is 4.98 Å². The third-order valence-electron chi connectivity index (χ3n) is 2.57. The summed E-state index contributed by atoms with van der Waals surface area (Å²) in [5.74, 6) is 1.08. The first-order chi connectivity index (χ1) is 9.04. The Morgan fingerprint density at radius 1 is 1.37 bits per heavy atom. The van der Waals surface area contributed by atoms with Crippen LogP contribution in [0.1, 0.15) is 31.3 Å². The summed E-state index contributed by atoms with van der Waals surface area (Å²) in [4.78, 5) is 19.4. The van der Waals surface area contributed by atoms with E-state index in [1.165, 1.54) is 30.0 Å². The van der Waals surface area contributed by atoms with Crippen LogP contribution in [0.2, 0.25) is 0 Å². The summed E-state index contributed by atoms with van der Waals surface area (Å²) in [5.41, 5.74) is 0.632. The predicted molar refractivity (Wildman–Crippen MR) is 74.9 cm³/mol. The number of rotatable bonds is 4. The van der Waals surface area contributed by atoms with E-state index in [9.17, 15) is 9.18 Å². The fraction of sp³-hybridized carbons (Fsp3) is 0.286. The quantitative estimate of drug-likeness (QED) is 0.873. The largest absolute Gasteiger partial charge is 0.310 e. The summed E-state index contributed by atoms with van der Waals surface area (Å²) in [6.45, 7) is 3.98. The molecule has 19 heavy (non-hydrogen) atoms. The highest BCUT2D eigenvalue weighted by Gasteiger charge is 2.06. The van der Waals surface area contributed by atoms with Gasteiger partial charge in [-0.3, -0.25) is 4.79 Å². The van der Waals surface area contributed by atoms with Crippen LogP contribution >= 0.6 is 11.8 Å². The van der Waals surface area contributed by atoms with Crippen molar-refractivity contribution in [2.24, 2.45) is 0 Å². The van der Waals surface area contributed by atoms with Crippen molar-refractivity contribution in [3.05, 3.63) is 58.0 Å². The zero-order valence-corrected chi connectivity index (χ0v) is 11.6. The Morgan fingerprint density at radius 3 is 2.84 bits per heavy atom. The predicted octanol–water partition coefficient (Wildman–Crippen LogP) is 3.32. The topological polar surface area (TPSA) is 45.8 Å². The van der Waals surface area contributed by atoms with Crippen LogP contribution in [0, 0.1) is 5.82 Å². The van der Waals surface area contributed by atoms with E-state index >= 15 is 0 Å². The second-order valence-corrected chi connectivity index (χ2v) is 5.57. The second-order valence-electron chi connectivity index (χ2n) is 4.52. The SMILES string of the molecule is CC(C)c1cc(=O)[nH]c(CSc2cccc(F)c2)n1. The molecule has 0 saturated carbocycles. The number of aromatic nitrogens is 2. The summed E-state index contributed by atoms with van der Waals surface area (Å²) >= 11 is 1.44. The lowest BCUT2D eigenvalue weighted by molar-refractivity contribution is 0.624. The Balaban J connectivity index is 2.13. The molecule has 0 saturated heterocycles. The highest BCUT2D eigenvalue weighted by atomic mass is 32.2. The molecule has 5 heteroatoms. The van der Waals surface area contributed by atoms with Gasteiger partial charge >= 0.3 is 0 Å². The average Bonchev–Trinajstić information content (AvgIpc) is 2.36. The maximum absolute atomic E-state index is 13.0. The van der Waals surface area contributed by atoms with Crippen molar-refractivity contribution in [3.8, 4) is 0 Å². The number of benzene rings is 1. The van der Waals surface area contributed by atoms with Gasteiger partial charge in [0.2, 0.25) is 0 Å². The minimum atomic E-state index is -0.262. The van der Waals surface area contributed by atoms with Crippen LogP contribution in [0.5, 0.6) is 0 Å². The van der Waals surface area contributed by atoms with Gasteiger partial charge in [0.05, 0.1) is 11.4 Å². The molecule has 1 heterocycles. The molecule has 1 N–H and O–H groups in total. The minimum Gasteiger partial charge on any atom is -0.310 e. The molecule has 0 aliphatic heterocycles. The van der Waals surface area contributed by atoms with Crippen molar-refractivity contribution in [3.63, 3.8) is 0 Å². The monoisotopic (exact) mass is 278 g/mol. The zero-order valence-electron chi connectivity index (χ0n) is 10.8. The molecule has 0 bridgehead atoms. The van der Waals surface area contributed by atoms with E-state index in [-0.39, 0.29) is 17.3 Å². The van der Waals surface area contributed by atoms with E-state index in [0.717, 1.165) is 10.6 Å². The smallest absolute Gasteiger partial charge is 0.251 e. The van der Waals surface area contributed by atoms with Gasteiger partial charge in [-0.05, 0) is 24.1 Å². The van der Waals surface area contributed by atoms with Crippen molar-refractivity contribution in [2.45, 2.75) is 30.4 Å². The summed E-state index contributed by atoms with van der Waals surface area (Å²) < 4.78 is 13.0. The van der Waals surface area contributed by atoms with E-state index in [1.807, 2.05) is 19.9 Å². The molecule has 0 spiro atoms. The van der Waals surface area contributed by atoms with Gasteiger partial charge in [0.15, 0.2) is 0 Å². The molecule has 0 aliphatic rings. The van der Waals surface area contributed by atoms with Gasteiger partial charge in [-0.25, -0.2) is 9.37 Å².